The Hall–Kier alpha value is -2.77. The van der Waals surface area contributed by atoms with Gasteiger partial charge >= 0.3 is 0 Å². The molecular formula is C33H47N5O6S2. The van der Waals surface area contributed by atoms with Crippen LogP contribution in [0.4, 0.5) is 0 Å². The van der Waals surface area contributed by atoms with Gasteiger partial charge in [-0.2, -0.15) is 0 Å². The van der Waals surface area contributed by atoms with E-state index in [9.17, 15) is 26.4 Å². The fourth-order valence-corrected chi connectivity index (χ4v) is 12.1. The predicted molar refractivity (Wildman–Crippen MR) is 175 cm³/mol. The second kappa shape index (κ2) is 12.0. The molecule has 2 saturated carbocycles. The number of carbonyl (C=O) groups is 2. The number of hydrogen-bond acceptors (Lipinski definition) is 7. The van der Waals surface area contributed by atoms with E-state index in [1.807, 2.05) is 0 Å². The van der Waals surface area contributed by atoms with Gasteiger partial charge in [0.25, 0.3) is 0 Å². The molecule has 2 aromatic rings. The Kier molecular flexibility index (Phi) is 8.67. The molecule has 4 aliphatic rings. The van der Waals surface area contributed by atoms with Gasteiger partial charge in [-0.1, -0.05) is 38.1 Å². The van der Waals surface area contributed by atoms with Crippen LogP contribution in [-0.2, 0) is 47.7 Å². The maximum absolute atomic E-state index is 14.2. The quantitative estimate of drug-likeness (QED) is 0.331. The summed E-state index contributed by atoms with van der Waals surface area (Å²) in [4.78, 5) is 33.4. The van der Waals surface area contributed by atoms with Crippen molar-refractivity contribution in [2.24, 2.45) is 16.7 Å². The van der Waals surface area contributed by atoms with Gasteiger partial charge < -0.3 is 15.6 Å². The number of aromatic nitrogens is 2. The van der Waals surface area contributed by atoms with Crippen molar-refractivity contribution in [2.45, 2.75) is 89.1 Å². The summed E-state index contributed by atoms with van der Waals surface area (Å²) in [5, 5.41) is 5.85. The van der Waals surface area contributed by atoms with Crippen molar-refractivity contribution in [3.63, 3.8) is 0 Å². The van der Waals surface area contributed by atoms with Crippen molar-refractivity contribution in [2.75, 3.05) is 30.9 Å². The highest BCUT2D eigenvalue weighted by atomic mass is 32.2. The van der Waals surface area contributed by atoms with Crippen LogP contribution in [0.1, 0.15) is 75.6 Å². The molecule has 11 nitrogen and oxygen atoms in total. The van der Waals surface area contributed by atoms with Gasteiger partial charge in [0.2, 0.25) is 21.8 Å². The zero-order chi connectivity index (χ0) is 33.0. The monoisotopic (exact) mass is 673 g/mol. The molecule has 1 aromatic carbocycles. The zero-order valence-corrected chi connectivity index (χ0v) is 28.7. The molecule has 1 spiro atoms. The summed E-state index contributed by atoms with van der Waals surface area (Å²) in [6.07, 6.45) is 9.89. The number of piperidine rings is 1. The van der Waals surface area contributed by atoms with Gasteiger partial charge in [-0.3, -0.25) is 9.59 Å². The minimum atomic E-state index is -3.65. The highest BCUT2D eigenvalue weighted by Gasteiger charge is 2.66. The van der Waals surface area contributed by atoms with E-state index in [-0.39, 0.29) is 41.1 Å². The molecule has 6 rings (SSSR count). The number of amides is 2. The SMILES string of the molecule is CC1(C)[C@@H]2CC[C@@]1(CS(=O)(=O)N1CCC3(CCc4ccccc43)CC1)[C@@H](NC(=O)C(CCS(C)(=O)=O)NC(=O)Cc1cnc[nH]1)C2. The number of carbonyl (C=O) groups excluding carboxylic acids is 2. The van der Waals surface area contributed by atoms with E-state index in [1.165, 1.54) is 23.7 Å². The molecule has 0 radical (unpaired) electrons. The number of benzene rings is 1. The fourth-order valence-electron chi connectivity index (χ4n) is 9.19. The Balaban J connectivity index is 1.17. The van der Waals surface area contributed by atoms with Crippen LogP contribution in [0.3, 0.4) is 0 Å². The third kappa shape index (κ3) is 6.14. The number of sulfonamides is 1. The van der Waals surface area contributed by atoms with E-state index < -0.39 is 49.2 Å². The topological polar surface area (TPSA) is 158 Å². The van der Waals surface area contributed by atoms with Gasteiger partial charge in [0.1, 0.15) is 15.9 Å². The van der Waals surface area contributed by atoms with Crippen molar-refractivity contribution < 1.29 is 26.4 Å². The lowest BCUT2D eigenvalue weighted by atomic mass is 9.69. The molecule has 3 fully saturated rings. The molecule has 2 heterocycles. The Labute approximate surface area is 272 Å². The first kappa shape index (κ1) is 33.1. The second-order valence-corrected chi connectivity index (χ2v) is 19.0. The highest BCUT2D eigenvalue weighted by Crippen LogP contribution is 2.66. The van der Waals surface area contributed by atoms with Crippen LogP contribution in [0.25, 0.3) is 0 Å². The second-order valence-electron chi connectivity index (χ2n) is 14.8. The molecule has 46 heavy (non-hydrogen) atoms. The van der Waals surface area contributed by atoms with Gasteiger partial charge in [-0.05, 0) is 79.2 Å². The third-order valence-corrected chi connectivity index (χ3v) is 15.1. The fraction of sp³-hybridized carbons (Fsp3) is 0.667. The van der Waals surface area contributed by atoms with Crippen LogP contribution in [0.2, 0.25) is 0 Å². The highest BCUT2D eigenvalue weighted by molar-refractivity contribution is 7.90. The van der Waals surface area contributed by atoms with Crippen molar-refractivity contribution >= 4 is 31.7 Å². The Bertz CT molecular complexity index is 1680. The summed E-state index contributed by atoms with van der Waals surface area (Å²) in [7, 11) is -7.05. The first-order chi connectivity index (χ1) is 21.6. The lowest BCUT2D eigenvalue weighted by Crippen LogP contribution is -2.58. The number of nitrogens with zero attached hydrogens (tertiary/aromatic N) is 2. The number of H-pyrrole nitrogens is 1. The van der Waals surface area contributed by atoms with Gasteiger partial charge in [0.15, 0.2) is 0 Å². The molecule has 3 aliphatic carbocycles. The zero-order valence-electron chi connectivity index (χ0n) is 27.0. The van der Waals surface area contributed by atoms with Crippen LogP contribution >= 0.6 is 0 Å². The van der Waals surface area contributed by atoms with E-state index in [0.717, 1.165) is 38.4 Å². The lowest BCUT2D eigenvalue weighted by molar-refractivity contribution is -0.129. The Morgan fingerprint density at radius 1 is 1.09 bits per heavy atom. The number of fused-ring (bicyclic) bond motifs is 4. The molecule has 1 saturated heterocycles. The molecule has 1 aromatic heterocycles. The van der Waals surface area contributed by atoms with Crippen molar-refractivity contribution in [1.82, 2.24) is 24.9 Å². The van der Waals surface area contributed by atoms with Gasteiger partial charge in [0.05, 0.1) is 24.3 Å². The van der Waals surface area contributed by atoms with E-state index in [2.05, 4.69) is 58.7 Å². The van der Waals surface area contributed by atoms with Crippen LogP contribution in [0, 0.1) is 16.7 Å². The summed E-state index contributed by atoms with van der Waals surface area (Å²) >= 11 is 0. The van der Waals surface area contributed by atoms with E-state index in [1.54, 1.807) is 4.31 Å². The molecule has 1 aliphatic heterocycles. The average Bonchev–Trinajstić information content (AvgIpc) is 3.73. The van der Waals surface area contributed by atoms with E-state index >= 15 is 0 Å². The molecule has 4 atom stereocenters. The van der Waals surface area contributed by atoms with Crippen molar-refractivity contribution in [3.8, 4) is 0 Å². The van der Waals surface area contributed by atoms with Crippen molar-refractivity contribution in [1.29, 1.82) is 0 Å². The number of sulfone groups is 1. The van der Waals surface area contributed by atoms with E-state index in [0.29, 0.717) is 31.6 Å². The molecule has 2 amide bonds. The van der Waals surface area contributed by atoms with Gasteiger partial charge in [-0.25, -0.2) is 26.1 Å². The first-order valence-corrected chi connectivity index (χ1v) is 20.1. The molecule has 3 N–H and O–H groups in total. The third-order valence-electron chi connectivity index (χ3n) is 12.1. The summed E-state index contributed by atoms with van der Waals surface area (Å²) in [6, 6.07) is 7.07. The van der Waals surface area contributed by atoms with Gasteiger partial charge in [-0.15, -0.1) is 0 Å². The Morgan fingerprint density at radius 2 is 1.83 bits per heavy atom. The largest absolute Gasteiger partial charge is 0.351 e. The first-order valence-electron chi connectivity index (χ1n) is 16.5. The maximum atomic E-state index is 14.2. The van der Waals surface area contributed by atoms with Gasteiger partial charge in [0, 0.05) is 42.7 Å². The maximum Gasteiger partial charge on any atom is 0.242 e. The predicted octanol–water partition coefficient (Wildman–Crippen LogP) is 2.49. The summed E-state index contributed by atoms with van der Waals surface area (Å²) < 4.78 is 54.1. The number of aromatic amines is 1. The van der Waals surface area contributed by atoms with Crippen molar-refractivity contribution in [3.05, 3.63) is 53.6 Å². The molecule has 1 unspecified atom stereocenters. The number of hydrogen-bond donors (Lipinski definition) is 3. The number of nitrogens with one attached hydrogen (secondary N) is 3. The minimum Gasteiger partial charge on any atom is -0.351 e. The van der Waals surface area contributed by atoms with Crippen LogP contribution in [-0.4, -0.2) is 85.9 Å². The summed E-state index contributed by atoms with van der Waals surface area (Å²) in [5.74, 6) is -0.979. The standard InChI is InChI=1S/C33H47N5O6S2/c1-31(2)24-9-12-33(31,21-46(43,44)38-15-13-32(14-16-38)11-8-23-6-4-5-7-26(23)32)28(18-24)37-30(40)27(10-17-45(3,41)42)36-29(39)19-25-20-34-22-35-25/h4-7,20,22,24,27-28H,8-19,21H2,1-3H3,(H,34,35)(H,36,39)(H,37,40)/t24-,27?,28+,33-/m1/s1. The molecule has 252 valence electrons. The molecule has 13 heteroatoms. The van der Waals surface area contributed by atoms with E-state index in [4.69, 9.17) is 0 Å². The summed E-state index contributed by atoms with van der Waals surface area (Å²) in [6.45, 7) is 5.23. The summed E-state index contributed by atoms with van der Waals surface area (Å²) in [5.41, 5.74) is 2.37. The van der Waals surface area contributed by atoms with Crippen LogP contribution < -0.4 is 10.6 Å². The number of aryl methyl sites for hydroxylation is 1. The smallest absolute Gasteiger partial charge is 0.242 e. The lowest BCUT2D eigenvalue weighted by Gasteiger charge is -2.45. The Morgan fingerprint density at radius 3 is 2.50 bits per heavy atom. The molecule has 2 bridgehead atoms. The minimum absolute atomic E-state index is 0.0356. The van der Waals surface area contributed by atoms with Crippen LogP contribution in [0.5, 0.6) is 0 Å². The average molecular weight is 674 g/mol. The normalized spacial score (nSPS) is 27.4. The molecular weight excluding hydrogens is 627 g/mol. The number of imidazole rings is 1. The van der Waals surface area contributed by atoms with Crippen LogP contribution in [0.15, 0.2) is 36.8 Å². The number of rotatable bonds is 11.